The van der Waals surface area contributed by atoms with Gasteiger partial charge < -0.3 is 5.73 Å². The molecule has 0 radical (unpaired) electrons. The number of halogens is 1. The van der Waals surface area contributed by atoms with Crippen molar-refractivity contribution in [1.82, 2.24) is 4.72 Å². The second-order valence-electron chi connectivity index (χ2n) is 3.89. The van der Waals surface area contributed by atoms with Crippen LogP contribution in [0.5, 0.6) is 0 Å². The van der Waals surface area contributed by atoms with Crippen LogP contribution in [-0.4, -0.2) is 8.42 Å². The molecular weight excluding hydrogens is 368 g/mol. The third-order valence-corrected chi connectivity index (χ3v) is 7.37. The molecule has 0 aliphatic rings. The first kappa shape index (κ1) is 15.1. The summed E-state index contributed by atoms with van der Waals surface area (Å²) in [4.78, 5) is 1.97. The smallest absolute Gasteiger partial charge is 0.242 e. The average Bonchev–Trinajstić information content (AvgIpc) is 2.93. The lowest BCUT2D eigenvalue weighted by atomic mass is 10.3. The molecule has 2 heterocycles. The third-order valence-electron chi connectivity index (χ3n) is 2.56. The van der Waals surface area contributed by atoms with Gasteiger partial charge in [0.2, 0.25) is 10.0 Å². The van der Waals surface area contributed by atoms with Crippen molar-refractivity contribution in [2.45, 2.75) is 24.9 Å². The van der Waals surface area contributed by atoms with Gasteiger partial charge in [-0.2, -0.15) is 0 Å². The minimum atomic E-state index is -3.52. The number of rotatable bonds is 5. The molecule has 0 bridgehead atoms. The van der Waals surface area contributed by atoms with Crippen LogP contribution in [0.25, 0.3) is 0 Å². The maximum Gasteiger partial charge on any atom is 0.242 e. The van der Waals surface area contributed by atoms with Crippen LogP contribution in [0.1, 0.15) is 15.3 Å². The molecule has 0 saturated heterocycles. The van der Waals surface area contributed by atoms with Crippen molar-refractivity contribution in [2.24, 2.45) is 5.73 Å². The molecule has 4 nitrogen and oxygen atoms in total. The van der Waals surface area contributed by atoms with E-state index in [9.17, 15) is 8.42 Å². The molecule has 104 valence electrons. The molecule has 2 aromatic heterocycles. The number of hydrogen-bond acceptors (Lipinski definition) is 5. The van der Waals surface area contributed by atoms with Gasteiger partial charge in [-0.3, -0.25) is 0 Å². The number of nitrogens with one attached hydrogen (secondary N) is 1. The van der Waals surface area contributed by atoms with Crippen molar-refractivity contribution >= 4 is 48.6 Å². The first-order valence-electron chi connectivity index (χ1n) is 5.44. The summed E-state index contributed by atoms with van der Waals surface area (Å²) in [5, 5.41) is 3.73. The summed E-state index contributed by atoms with van der Waals surface area (Å²) in [6.45, 7) is 2.29. The zero-order valence-electron chi connectivity index (χ0n) is 10.1. The number of sulfonamides is 1. The van der Waals surface area contributed by atoms with Gasteiger partial charge in [0, 0.05) is 27.3 Å². The van der Waals surface area contributed by atoms with E-state index in [0.29, 0.717) is 9.77 Å². The van der Waals surface area contributed by atoms with Gasteiger partial charge in [-0.1, -0.05) is 0 Å². The molecule has 0 aliphatic heterocycles. The van der Waals surface area contributed by atoms with Gasteiger partial charge in [0.15, 0.2) is 0 Å². The van der Waals surface area contributed by atoms with Gasteiger partial charge in [-0.05, 0) is 45.2 Å². The monoisotopic (exact) mass is 380 g/mol. The summed E-state index contributed by atoms with van der Waals surface area (Å²) in [6.07, 6.45) is 0. The summed E-state index contributed by atoms with van der Waals surface area (Å²) < 4.78 is 28.2. The first-order valence-corrected chi connectivity index (χ1v) is 9.48. The third kappa shape index (κ3) is 3.26. The fourth-order valence-electron chi connectivity index (χ4n) is 1.67. The molecular formula is C11H13BrN2O2S3. The summed E-state index contributed by atoms with van der Waals surface area (Å²) in [7, 11) is -3.52. The van der Waals surface area contributed by atoms with Crippen LogP contribution in [0.4, 0.5) is 0 Å². The molecule has 0 aliphatic carbocycles. The Labute approximate surface area is 128 Å². The Kier molecular flexibility index (Phi) is 4.80. The summed E-state index contributed by atoms with van der Waals surface area (Å²) >= 11 is 6.27. The number of thiophene rings is 2. The summed E-state index contributed by atoms with van der Waals surface area (Å²) in [5.74, 6) is 0. The molecule has 8 heteroatoms. The Morgan fingerprint density at radius 2 is 2.11 bits per heavy atom. The standard InChI is InChI=1S/C11H13BrN2O2S3/c1-7-6-18-9(4-13)11(7)19(15,16)14-5-10-8(12)2-3-17-10/h2-3,6,14H,4-5,13H2,1H3. The Morgan fingerprint density at radius 1 is 1.37 bits per heavy atom. The summed E-state index contributed by atoms with van der Waals surface area (Å²) in [5.41, 5.74) is 6.33. The second-order valence-corrected chi connectivity index (χ2v) is 8.41. The van der Waals surface area contributed by atoms with Gasteiger partial charge in [0.1, 0.15) is 4.90 Å². The number of hydrogen-bond donors (Lipinski definition) is 2. The second kappa shape index (κ2) is 6.02. The minimum absolute atomic E-state index is 0.234. The van der Waals surface area contributed by atoms with Crippen LogP contribution in [0, 0.1) is 6.92 Å². The van der Waals surface area contributed by atoms with E-state index in [0.717, 1.165) is 14.9 Å². The fraction of sp³-hybridized carbons (Fsp3) is 0.273. The van der Waals surface area contributed by atoms with Crippen LogP contribution < -0.4 is 10.5 Å². The average molecular weight is 381 g/mol. The molecule has 0 saturated carbocycles. The molecule has 0 spiro atoms. The highest BCUT2D eigenvalue weighted by atomic mass is 79.9. The molecule has 2 rings (SSSR count). The zero-order valence-corrected chi connectivity index (χ0v) is 14.2. The Hall–Kier alpha value is -0.250. The number of aryl methyl sites for hydroxylation is 1. The highest BCUT2D eigenvalue weighted by molar-refractivity contribution is 9.10. The largest absolute Gasteiger partial charge is 0.326 e. The quantitative estimate of drug-likeness (QED) is 0.837. The first-order chi connectivity index (χ1) is 8.95. The van der Waals surface area contributed by atoms with E-state index in [-0.39, 0.29) is 13.1 Å². The molecule has 3 N–H and O–H groups in total. The molecule has 0 amide bonds. The molecule has 0 fully saturated rings. The van der Waals surface area contributed by atoms with Crippen LogP contribution in [0.3, 0.4) is 0 Å². The molecule has 2 aromatic rings. The van der Waals surface area contributed by atoms with E-state index >= 15 is 0 Å². The molecule has 0 unspecified atom stereocenters. The van der Waals surface area contributed by atoms with Gasteiger partial charge >= 0.3 is 0 Å². The molecule has 0 atom stereocenters. The predicted octanol–water partition coefficient (Wildman–Crippen LogP) is 2.82. The predicted molar refractivity (Wildman–Crippen MR) is 83.0 cm³/mol. The van der Waals surface area contributed by atoms with Gasteiger partial charge in [0.05, 0.1) is 0 Å². The lowest BCUT2D eigenvalue weighted by Gasteiger charge is -2.08. The van der Waals surface area contributed by atoms with Crippen LogP contribution in [-0.2, 0) is 23.1 Å². The van der Waals surface area contributed by atoms with E-state index in [1.54, 1.807) is 6.92 Å². The molecule has 0 aromatic carbocycles. The van der Waals surface area contributed by atoms with E-state index in [1.165, 1.54) is 22.7 Å². The van der Waals surface area contributed by atoms with E-state index < -0.39 is 10.0 Å². The van der Waals surface area contributed by atoms with Crippen molar-refractivity contribution < 1.29 is 8.42 Å². The van der Waals surface area contributed by atoms with Crippen LogP contribution >= 0.6 is 38.6 Å². The fourth-order valence-corrected chi connectivity index (χ4v) is 5.89. The van der Waals surface area contributed by atoms with Gasteiger partial charge in [0.25, 0.3) is 0 Å². The Bertz CT molecular complexity index is 676. The van der Waals surface area contributed by atoms with Crippen LogP contribution in [0.2, 0.25) is 0 Å². The lowest BCUT2D eigenvalue weighted by Crippen LogP contribution is -2.24. The zero-order chi connectivity index (χ0) is 14.0. The summed E-state index contributed by atoms with van der Waals surface area (Å²) in [6, 6.07) is 1.90. The van der Waals surface area contributed by atoms with Crippen molar-refractivity contribution in [3.8, 4) is 0 Å². The van der Waals surface area contributed by atoms with Crippen LogP contribution in [0.15, 0.2) is 26.2 Å². The maximum atomic E-state index is 12.3. The van der Waals surface area contributed by atoms with Crippen molar-refractivity contribution in [1.29, 1.82) is 0 Å². The van der Waals surface area contributed by atoms with Gasteiger partial charge in [-0.25, -0.2) is 13.1 Å². The van der Waals surface area contributed by atoms with E-state index in [1.807, 2.05) is 16.8 Å². The molecule has 19 heavy (non-hydrogen) atoms. The van der Waals surface area contributed by atoms with Gasteiger partial charge in [-0.15, -0.1) is 22.7 Å². The highest BCUT2D eigenvalue weighted by Crippen LogP contribution is 2.27. The van der Waals surface area contributed by atoms with E-state index in [4.69, 9.17) is 5.73 Å². The normalized spacial score (nSPS) is 11.9. The maximum absolute atomic E-state index is 12.3. The highest BCUT2D eigenvalue weighted by Gasteiger charge is 2.22. The topological polar surface area (TPSA) is 72.2 Å². The Balaban J connectivity index is 2.23. The number of nitrogens with two attached hydrogens (primary N) is 1. The SMILES string of the molecule is Cc1csc(CN)c1S(=O)(=O)NCc1sccc1Br. The minimum Gasteiger partial charge on any atom is -0.326 e. The van der Waals surface area contributed by atoms with Crippen molar-refractivity contribution in [3.63, 3.8) is 0 Å². The van der Waals surface area contributed by atoms with E-state index in [2.05, 4.69) is 20.7 Å². The van der Waals surface area contributed by atoms with Crippen molar-refractivity contribution in [2.75, 3.05) is 0 Å². The lowest BCUT2D eigenvalue weighted by molar-refractivity contribution is 0.580. The van der Waals surface area contributed by atoms with Crippen molar-refractivity contribution in [3.05, 3.63) is 36.6 Å². The Morgan fingerprint density at radius 3 is 2.68 bits per heavy atom.